The third-order valence-electron chi connectivity index (χ3n) is 20.9. The summed E-state index contributed by atoms with van der Waals surface area (Å²) >= 11 is 0. The number of nitrogens with two attached hydrogens (primary N) is 1. The SMILES string of the molecule is C=C1CC2CC[C@]34C[C@@H](O)C(O3)C3CC5CCC(CC(=O)CC6[C@H](CC7OC(CCC1O2)C[C@@H](C)C7=C)O[C@H](CC(O)CNC(=O)OCc1ccc(NC(=O)[C@H](CCCNC(N)=O)NC(=O)[C@@H](NC(=O)CCOCCOCCOCCOCCN=[N+]=[N-])C(C)C)cc1)[C@@H]6OC)O[C@@H]5C(C3)O4. The van der Waals surface area contributed by atoms with Gasteiger partial charge in [0.15, 0.2) is 5.79 Å². The van der Waals surface area contributed by atoms with E-state index in [4.69, 9.17) is 68.1 Å². The van der Waals surface area contributed by atoms with Crippen LogP contribution in [0.3, 0.4) is 0 Å². The molecule has 0 radical (unpaired) electrons. The normalized spacial score (nSPS) is 32.0. The summed E-state index contributed by atoms with van der Waals surface area (Å²) in [6.45, 7) is 17.0. The number of ketones is 1. The molecule has 11 unspecified atom stereocenters. The third-order valence-corrected chi connectivity index (χ3v) is 20.9. The zero-order chi connectivity index (χ0) is 71.3. The van der Waals surface area contributed by atoms with Crippen molar-refractivity contribution in [3.05, 3.63) is 64.6 Å². The Hall–Kier alpha value is -5.89. The molecule has 1 aromatic carbocycles. The van der Waals surface area contributed by atoms with Gasteiger partial charge in [-0.2, -0.15) is 0 Å². The summed E-state index contributed by atoms with van der Waals surface area (Å²) in [6, 6.07) is 3.68. The molecule has 7 saturated heterocycles. The Morgan fingerprint density at radius 3 is 2.21 bits per heavy atom. The van der Waals surface area contributed by atoms with E-state index in [-0.39, 0.29) is 163 Å². The van der Waals surface area contributed by atoms with E-state index in [2.05, 4.69) is 56.7 Å². The number of aliphatic hydroxyl groups excluding tert-OH is 2. The topological polar surface area (TPSA) is 389 Å². The number of anilines is 1. The Kier molecular flexibility index (Phi) is 30.2. The molecule has 7 heterocycles. The second-order valence-corrected chi connectivity index (χ2v) is 28.6. The number of nitrogens with one attached hydrogen (secondary N) is 5. The number of azide groups is 1. The average molecular weight is 1410 g/mol. The number of benzene rings is 1. The van der Waals surface area contributed by atoms with Gasteiger partial charge in [-0.25, -0.2) is 9.59 Å². The molecule has 100 heavy (non-hydrogen) atoms. The molecular formula is C71H109N9O20. The molecule has 6 amide bonds. The highest BCUT2D eigenvalue weighted by Gasteiger charge is 2.59. The van der Waals surface area contributed by atoms with Gasteiger partial charge in [-0.3, -0.25) is 19.2 Å². The number of ether oxygens (including phenoxy) is 12. The van der Waals surface area contributed by atoms with E-state index in [1.807, 2.05) is 0 Å². The monoisotopic (exact) mass is 1410 g/mol. The van der Waals surface area contributed by atoms with Crippen molar-refractivity contribution in [1.29, 1.82) is 0 Å². The maximum absolute atomic E-state index is 14.5. The third kappa shape index (κ3) is 22.8. The molecule has 9 rings (SSSR count). The summed E-state index contributed by atoms with van der Waals surface area (Å²) in [5.41, 5.74) is 16.5. The van der Waals surface area contributed by atoms with Crippen molar-refractivity contribution in [2.24, 2.45) is 40.4 Å². The molecular weight excluding hydrogens is 1300 g/mol. The number of methoxy groups -OCH3 is 1. The second kappa shape index (κ2) is 38.6. The molecule has 0 aromatic heterocycles. The second-order valence-electron chi connectivity index (χ2n) is 28.6. The molecule has 1 saturated carbocycles. The van der Waals surface area contributed by atoms with Crippen molar-refractivity contribution < 1.29 is 95.8 Å². The van der Waals surface area contributed by atoms with Gasteiger partial charge in [-0.15, -0.1) is 0 Å². The summed E-state index contributed by atoms with van der Waals surface area (Å²) in [5, 5.41) is 39.8. The highest BCUT2D eigenvalue weighted by atomic mass is 16.7. The fourth-order valence-electron chi connectivity index (χ4n) is 15.7. The summed E-state index contributed by atoms with van der Waals surface area (Å²) in [7, 11) is 1.59. The quantitative estimate of drug-likeness (QED) is 0.0134. The summed E-state index contributed by atoms with van der Waals surface area (Å²) in [4.78, 5) is 82.3. The van der Waals surface area contributed by atoms with Gasteiger partial charge in [0.25, 0.3) is 0 Å². The number of aliphatic hydroxyl groups is 2. The van der Waals surface area contributed by atoms with E-state index < -0.39 is 84.2 Å². The van der Waals surface area contributed by atoms with Gasteiger partial charge in [0.2, 0.25) is 17.7 Å². The van der Waals surface area contributed by atoms with Crippen molar-refractivity contribution in [2.75, 3.05) is 84.9 Å². The molecule has 20 atom stereocenters. The predicted molar refractivity (Wildman–Crippen MR) is 363 cm³/mol. The molecule has 8 aliphatic rings. The van der Waals surface area contributed by atoms with E-state index in [0.717, 1.165) is 62.5 Å². The molecule has 558 valence electrons. The Morgan fingerprint density at radius 1 is 0.780 bits per heavy atom. The number of nitrogens with zero attached hydrogens (tertiary/aromatic N) is 3. The number of urea groups is 1. The van der Waals surface area contributed by atoms with Crippen molar-refractivity contribution in [2.45, 2.75) is 240 Å². The molecule has 1 aliphatic carbocycles. The van der Waals surface area contributed by atoms with Crippen LogP contribution in [-0.4, -0.2) is 223 Å². The van der Waals surface area contributed by atoms with Crippen LogP contribution in [0.2, 0.25) is 0 Å². The van der Waals surface area contributed by atoms with E-state index in [9.17, 15) is 39.0 Å². The van der Waals surface area contributed by atoms with Crippen LogP contribution < -0.4 is 32.3 Å². The van der Waals surface area contributed by atoms with Gasteiger partial charge >= 0.3 is 12.1 Å². The lowest BCUT2D eigenvalue weighted by Gasteiger charge is -2.47. The fourth-order valence-corrected chi connectivity index (χ4v) is 15.7. The summed E-state index contributed by atoms with van der Waals surface area (Å²) in [6.07, 6.45) is 3.24. The number of hydrogen-bond acceptors (Lipinski definition) is 21. The molecule has 8 fully saturated rings. The van der Waals surface area contributed by atoms with Gasteiger partial charge in [0.05, 0.1) is 132 Å². The molecule has 29 nitrogen and oxygen atoms in total. The van der Waals surface area contributed by atoms with Crippen molar-refractivity contribution in [3.63, 3.8) is 0 Å². The highest BCUT2D eigenvalue weighted by Crippen LogP contribution is 2.53. The number of rotatable bonds is 32. The van der Waals surface area contributed by atoms with Gasteiger partial charge in [-0.1, -0.05) is 51.2 Å². The lowest BCUT2D eigenvalue weighted by molar-refractivity contribution is -0.268. The first-order chi connectivity index (χ1) is 48.2. The number of carbonyl (C=O) groups excluding carboxylic acids is 6. The zero-order valence-corrected chi connectivity index (χ0v) is 58.6. The number of carbonyl (C=O) groups is 6. The van der Waals surface area contributed by atoms with Crippen LogP contribution in [0.15, 0.2) is 53.7 Å². The maximum Gasteiger partial charge on any atom is 0.407 e. The van der Waals surface area contributed by atoms with E-state index in [0.29, 0.717) is 70.0 Å². The molecule has 29 heteroatoms. The Labute approximate surface area is 586 Å². The Balaban J connectivity index is 0.744. The lowest BCUT2D eigenvalue weighted by atomic mass is 9.70. The largest absolute Gasteiger partial charge is 0.445 e. The van der Waals surface area contributed by atoms with Crippen LogP contribution in [0, 0.1) is 29.6 Å². The van der Waals surface area contributed by atoms with Crippen molar-refractivity contribution in [3.8, 4) is 0 Å². The first-order valence-electron chi connectivity index (χ1n) is 36.2. The van der Waals surface area contributed by atoms with E-state index in [1.165, 1.54) is 0 Å². The number of hydrogen-bond donors (Lipinski definition) is 8. The molecule has 1 aromatic rings. The average Bonchev–Trinajstić information content (AvgIpc) is 1.58. The van der Waals surface area contributed by atoms with E-state index >= 15 is 0 Å². The van der Waals surface area contributed by atoms with Crippen LogP contribution in [0.1, 0.15) is 142 Å². The first kappa shape index (κ1) is 78.3. The van der Waals surface area contributed by atoms with Crippen LogP contribution in [-0.2, 0) is 82.6 Å². The zero-order valence-electron chi connectivity index (χ0n) is 58.6. The highest BCUT2D eigenvalue weighted by molar-refractivity contribution is 5.98. The van der Waals surface area contributed by atoms with Gasteiger partial charge in [0, 0.05) is 88.2 Å². The van der Waals surface area contributed by atoms with Crippen LogP contribution in [0.5, 0.6) is 0 Å². The maximum atomic E-state index is 14.5. The molecule has 7 aliphatic heterocycles. The Morgan fingerprint density at radius 2 is 1.49 bits per heavy atom. The Bertz CT molecular complexity index is 2930. The van der Waals surface area contributed by atoms with Gasteiger partial charge < -0.3 is 99.4 Å². The summed E-state index contributed by atoms with van der Waals surface area (Å²) in [5.74, 6) is -2.75. The van der Waals surface area contributed by atoms with Crippen molar-refractivity contribution in [1.82, 2.24) is 21.3 Å². The molecule has 1 spiro atoms. The predicted octanol–water partition coefficient (Wildman–Crippen LogP) is 6.04. The number of amides is 6. The number of Topliss-reactive ketones (excluding diaryl/α,β-unsaturated/α-hetero) is 1. The lowest BCUT2D eigenvalue weighted by Crippen LogP contribution is -2.54. The standard InChI is InChI=1S/C71H109N9O20/c1-41(2)63(79-62(84)18-22-90-24-26-92-28-29-93-27-25-91-23-21-76-80-73)68(86)78-55(8-7-20-74-69(72)87)67(85)77-48-12-9-45(10-13-48)40-94-70(88)75-39-50(82)36-60-66(89-6)54-35-49(81)34-52-14-11-46-32-47-33-61(65(46)97-52)99-71(38-56(83)64(47)100-71)19-17-53-31-43(4)57(95-53)16-15-51-30-42(3)44(5)58(96-51)37-59(54)98-60/h9-10,12-13,41-42,46-47,50-61,63-66,82-83H,4-5,7-8,11,14-40H2,1-3,6H3,(H,75,88)(H,77,85)(H,78,86)(H,79,84)(H3,72,74,87)/t42-,46?,47?,50?,51?,52?,53?,54?,55+,56-,57?,58?,59+,60-,61?,63+,64?,65+,66-,71-/m1/s1. The van der Waals surface area contributed by atoms with Crippen LogP contribution in [0.25, 0.3) is 10.4 Å². The summed E-state index contributed by atoms with van der Waals surface area (Å²) < 4.78 is 74.7. The van der Waals surface area contributed by atoms with Gasteiger partial charge in [-0.05, 0) is 129 Å². The molecule has 9 N–H and O–H groups in total. The van der Waals surface area contributed by atoms with Crippen LogP contribution in [0.4, 0.5) is 15.3 Å². The minimum Gasteiger partial charge on any atom is -0.445 e. The minimum absolute atomic E-state index is 0.0248. The van der Waals surface area contributed by atoms with Gasteiger partial charge in [0.1, 0.15) is 24.5 Å². The fraction of sp³-hybridized carbons (Fsp3) is 0.775. The molecule has 10 bridgehead atoms. The van der Waals surface area contributed by atoms with Crippen molar-refractivity contribution >= 4 is 41.3 Å². The van der Waals surface area contributed by atoms with E-state index in [1.54, 1.807) is 45.2 Å². The number of primary amides is 1. The smallest absolute Gasteiger partial charge is 0.407 e. The number of fused-ring (bicyclic) bond motifs is 9. The van der Waals surface area contributed by atoms with Crippen LogP contribution >= 0.6 is 0 Å². The number of alkyl carbamates (subject to hydrolysis) is 1. The first-order valence-corrected chi connectivity index (χ1v) is 36.2. The minimum atomic E-state index is -1.10.